The van der Waals surface area contributed by atoms with Crippen LogP contribution in [0.3, 0.4) is 0 Å². The first kappa shape index (κ1) is 56.2. The summed E-state index contributed by atoms with van der Waals surface area (Å²) in [5, 5.41) is 0. The molecule has 8 rings (SSSR count). The molecule has 4 nitrogen and oxygen atoms in total. The first-order valence-electron chi connectivity index (χ1n) is 25.9. The standard InChI is InChI=1S/8C6H5.4C4H9.O4Si.4Sn/c8*1-2-4-6-5-3-1;4*1-4(2)3;1-5(2,3)4;;;;/h8*1-5H;4*1-3H3;;;;;/q;;;;;;;;;;;;-4;4*+1. The van der Waals surface area contributed by atoms with Crippen molar-refractivity contribution in [1.82, 2.24) is 0 Å². The van der Waals surface area contributed by atoms with Crippen LogP contribution in [0.25, 0.3) is 0 Å². The first-order chi connectivity index (χ1) is 34.7. The van der Waals surface area contributed by atoms with E-state index in [9.17, 15) is 11.1 Å². The van der Waals surface area contributed by atoms with Crippen LogP contribution in [0.2, 0.25) is 13.7 Å². The summed E-state index contributed by atoms with van der Waals surface area (Å²) >= 11 is -19.8. The van der Waals surface area contributed by atoms with Crippen LogP contribution in [-0.4, -0.2) is 84.2 Å². The van der Waals surface area contributed by atoms with Crippen molar-refractivity contribution in [2.24, 2.45) is 0 Å². The van der Waals surface area contributed by atoms with Gasteiger partial charge in [0.25, 0.3) is 0 Å². The summed E-state index contributed by atoms with van der Waals surface area (Å²) in [5.41, 5.74) is 0. The monoisotopic (exact) mass is 1420 g/mol. The zero-order valence-electron chi connectivity index (χ0n) is 45.2. The van der Waals surface area contributed by atoms with Gasteiger partial charge in [-0.25, -0.2) is 0 Å². The van der Waals surface area contributed by atoms with Crippen molar-refractivity contribution in [1.29, 1.82) is 0 Å². The zero-order valence-corrected chi connectivity index (χ0v) is 57.6. The first-order valence-corrected chi connectivity index (χ1v) is 49.3. The third-order valence-corrected chi connectivity index (χ3v) is 86.3. The Morgan fingerprint density at radius 1 is 0.205 bits per heavy atom. The van der Waals surface area contributed by atoms with Crippen molar-refractivity contribution in [3.63, 3.8) is 0 Å². The molecule has 73 heavy (non-hydrogen) atoms. The van der Waals surface area contributed by atoms with Gasteiger partial charge in [0.1, 0.15) is 0 Å². The molecule has 0 aliphatic heterocycles. The predicted molar refractivity (Wildman–Crippen MR) is 321 cm³/mol. The van der Waals surface area contributed by atoms with Gasteiger partial charge in [0.05, 0.1) is 0 Å². The van der Waals surface area contributed by atoms with E-state index in [1.54, 1.807) is 0 Å². The third-order valence-electron chi connectivity index (χ3n) is 14.8. The van der Waals surface area contributed by atoms with Crippen LogP contribution in [-0.2, 0) is 11.1 Å². The molecular weight excluding hydrogens is 1340 g/mol. The summed E-state index contributed by atoms with van der Waals surface area (Å²) in [6, 6.07) is 89.3. The average molecular weight is 1410 g/mol. The summed E-state index contributed by atoms with van der Waals surface area (Å²) < 4.78 is 45.2. The minimum atomic E-state index is -4.95. The van der Waals surface area contributed by atoms with E-state index in [0.717, 1.165) is 0 Å². The normalized spacial score (nSPS) is 13.4. The van der Waals surface area contributed by atoms with E-state index in [2.05, 4.69) is 326 Å². The maximum atomic E-state index is 9.28. The molecule has 0 atom stereocenters. The van der Waals surface area contributed by atoms with Crippen molar-refractivity contribution in [3.8, 4) is 0 Å². The quantitative estimate of drug-likeness (QED) is 0.0904. The molecule has 0 radical (unpaired) electrons. The topological polar surface area (TPSA) is 36.9 Å². The predicted octanol–water partition coefficient (Wildman–Crippen LogP) is 11.7. The van der Waals surface area contributed by atoms with E-state index >= 15 is 0 Å². The molecule has 0 heterocycles. The van der Waals surface area contributed by atoms with Gasteiger partial charge >= 0.3 is 463 Å². The number of hydrogen-bond donors (Lipinski definition) is 0. The Balaban J connectivity index is 1.69. The molecule has 0 amide bonds. The van der Waals surface area contributed by atoms with E-state index in [-0.39, 0.29) is 0 Å². The summed E-state index contributed by atoms with van der Waals surface area (Å²) in [4.78, 5) is 0. The van der Waals surface area contributed by atoms with E-state index in [0.29, 0.717) is 0 Å². The van der Waals surface area contributed by atoms with Crippen LogP contribution < -0.4 is 28.6 Å². The second-order valence-electron chi connectivity index (χ2n) is 23.6. The zero-order chi connectivity index (χ0) is 52.2. The second-order valence-corrected chi connectivity index (χ2v) is 78.2. The molecule has 9 heteroatoms. The molecule has 0 aromatic heterocycles. The summed E-state index contributed by atoms with van der Waals surface area (Å²) in [7, 11) is -4.87. The van der Waals surface area contributed by atoms with Gasteiger partial charge in [-0.05, 0) is 0 Å². The van der Waals surface area contributed by atoms with Gasteiger partial charge in [-0.1, -0.05) is 0 Å². The van der Waals surface area contributed by atoms with Crippen molar-refractivity contribution in [2.45, 2.75) is 96.8 Å². The second kappa shape index (κ2) is 22.5. The summed E-state index contributed by atoms with van der Waals surface area (Å²) in [6.45, 7) is 28.8. The van der Waals surface area contributed by atoms with Gasteiger partial charge in [-0.15, -0.1) is 0 Å². The molecule has 0 bridgehead atoms. The van der Waals surface area contributed by atoms with Crippen LogP contribution in [0, 0.1) is 0 Å². The molecule has 0 aliphatic carbocycles. The number of benzene rings is 8. The van der Waals surface area contributed by atoms with E-state index < -0.39 is 97.9 Å². The Bertz CT molecular complexity index is 2400. The fourth-order valence-corrected chi connectivity index (χ4v) is 102. The molecule has 0 unspecified atom stereocenters. The average Bonchev–Trinajstić information content (AvgIpc) is 3.39. The molecule has 376 valence electrons. The Labute approximate surface area is 458 Å². The van der Waals surface area contributed by atoms with E-state index in [1.807, 2.05) is 0 Å². The molecule has 0 aliphatic rings. The van der Waals surface area contributed by atoms with Gasteiger partial charge in [0.15, 0.2) is 0 Å². The van der Waals surface area contributed by atoms with Crippen LogP contribution in [0.5, 0.6) is 0 Å². The molecule has 8 aromatic rings. The van der Waals surface area contributed by atoms with E-state index in [4.69, 9.17) is 0 Å². The van der Waals surface area contributed by atoms with Crippen molar-refractivity contribution in [2.75, 3.05) is 0 Å². The van der Waals surface area contributed by atoms with Gasteiger partial charge in [-0.2, -0.15) is 0 Å². The van der Waals surface area contributed by atoms with Crippen LogP contribution in [0.1, 0.15) is 83.1 Å². The number of rotatable bonds is 16. The third kappa shape index (κ3) is 10.8. The van der Waals surface area contributed by atoms with E-state index in [1.165, 1.54) is 28.6 Å². The molecule has 0 N–H and O–H groups in total. The summed E-state index contributed by atoms with van der Waals surface area (Å²) in [6.07, 6.45) is 0. The Morgan fingerprint density at radius 2 is 0.315 bits per heavy atom. The molecule has 0 saturated heterocycles. The maximum absolute atomic E-state index is 9.28. The fraction of sp³-hybridized carbons (Fsp3) is 0.250. The molecule has 0 fully saturated rings. The van der Waals surface area contributed by atoms with Crippen LogP contribution in [0.4, 0.5) is 0 Å². The molecule has 0 saturated carbocycles. The van der Waals surface area contributed by atoms with Crippen LogP contribution >= 0.6 is 0 Å². The van der Waals surface area contributed by atoms with Gasteiger partial charge in [0, 0.05) is 0 Å². The van der Waals surface area contributed by atoms with Crippen molar-refractivity contribution >= 4 is 113 Å². The molecular formula is C64H76O4SiSn4. The Hall–Kier alpha value is -2.99. The molecule has 8 aromatic carbocycles. The Kier molecular flexibility index (Phi) is 17.4. The van der Waals surface area contributed by atoms with Gasteiger partial charge in [-0.3, -0.25) is 0 Å². The SMILES string of the molecule is C[C](C)(C)[Sn]([O][Si]([O][Sn]([c]1ccccc1)([c]1ccccc1)[C](C)(C)C)([O][Sn]([c]1ccccc1)([c]1ccccc1)[C](C)(C)C)[O][Sn]([c]1ccccc1)([c]1ccccc1)[C](C)(C)C)([c]1ccccc1)[c]1ccccc1. The van der Waals surface area contributed by atoms with Crippen molar-refractivity contribution < 1.29 is 11.1 Å². The Morgan fingerprint density at radius 3 is 0.411 bits per heavy atom. The van der Waals surface area contributed by atoms with Gasteiger partial charge in [0.2, 0.25) is 0 Å². The summed E-state index contributed by atoms with van der Waals surface area (Å²) in [5.74, 6) is 0. The minimum absolute atomic E-state index is 0.413. The van der Waals surface area contributed by atoms with Crippen LogP contribution in [0.15, 0.2) is 243 Å². The number of hydrogen-bond acceptors (Lipinski definition) is 4. The molecule has 0 spiro atoms. The van der Waals surface area contributed by atoms with Crippen molar-refractivity contribution in [3.05, 3.63) is 243 Å². The van der Waals surface area contributed by atoms with Gasteiger partial charge < -0.3 is 0 Å². The fourth-order valence-electron chi connectivity index (χ4n) is 11.5.